The van der Waals surface area contributed by atoms with Crippen molar-refractivity contribution in [1.82, 2.24) is 9.78 Å². The largest absolute Gasteiger partial charge is 0.338 e. The number of hydrogen-bond donors (Lipinski definition) is 1. The first-order valence-corrected chi connectivity index (χ1v) is 13.2. The average molecular weight is 520 g/mol. The highest BCUT2D eigenvalue weighted by Gasteiger charge is 2.60. The molecule has 0 radical (unpaired) electrons. The first kappa shape index (κ1) is 23.7. The van der Waals surface area contributed by atoms with Crippen LogP contribution in [0.4, 0.5) is 11.5 Å². The SMILES string of the molecule is Cc1ccc(C2=C(C#N)C3(C(=O)N(C)c4ccccc43)c3c(-c4ccccc4)nn(-c4ccccc4)c3N2)cc1. The van der Waals surface area contributed by atoms with E-state index in [1.165, 1.54) is 0 Å². The number of para-hydroxylation sites is 2. The highest BCUT2D eigenvalue weighted by Crippen LogP contribution is 2.58. The molecule has 0 saturated heterocycles. The van der Waals surface area contributed by atoms with Crippen molar-refractivity contribution < 1.29 is 4.79 Å². The molecule has 2 aliphatic rings. The summed E-state index contributed by atoms with van der Waals surface area (Å²) >= 11 is 0. The van der Waals surface area contributed by atoms with Gasteiger partial charge in [-0.1, -0.05) is 96.6 Å². The molecule has 0 bridgehead atoms. The molecule has 6 heteroatoms. The summed E-state index contributed by atoms with van der Waals surface area (Å²) in [6.07, 6.45) is 0. The van der Waals surface area contributed by atoms with E-state index in [0.717, 1.165) is 33.6 Å². The van der Waals surface area contributed by atoms with Crippen LogP contribution in [0.2, 0.25) is 0 Å². The molecule has 1 spiro atoms. The van der Waals surface area contributed by atoms with Crippen molar-refractivity contribution in [2.24, 2.45) is 0 Å². The Hall–Kier alpha value is -5.41. The number of aromatic nitrogens is 2. The number of nitrogens with one attached hydrogen (secondary N) is 1. The van der Waals surface area contributed by atoms with Crippen molar-refractivity contribution in [2.75, 3.05) is 17.3 Å². The van der Waals surface area contributed by atoms with E-state index in [9.17, 15) is 10.1 Å². The third-order valence-corrected chi connectivity index (χ3v) is 7.92. The van der Waals surface area contributed by atoms with Gasteiger partial charge in [-0.05, 0) is 30.7 Å². The Bertz CT molecular complexity index is 1860. The van der Waals surface area contributed by atoms with Crippen molar-refractivity contribution in [2.45, 2.75) is 12.3 Å². The smallest absolute Gasteiger partial charge is 0.247 e. The molecule has 1 aromatic heterocycles. The third-order valence-electron chi connectivity index (χ3n) is 7.92. The van der Waals surface area contributed by atoms with Crippen LogP contribution in [0.25, 0.3) is 22.6 Å². The molecule has 1 unspecified atom stereocenters. The van der Waals surface area contributed by atoms with Gasteiger partial charge in [-0.2, -0.15) is 10.4 Å². The molecule has 0 fully saturated rings. The van der Waals surface area contributed by atoms with Gasteiger partial charge in [0.1, 0.15) is 11.2 Å². The van der Waals surface area contributed by atoms with E-state index in [0.29, 0.717) is 28.3 Å². The number of hydrogen-bond acceptors (Lipinski definition) is 4. The van der Waals surface area contributed by atoms with Crippen LogP contribution in [0, 0.1) is 18.3 Å². The minimum absolute atomic E-state index is 0.178. The van der Waals surface area contributed by atoms with Gasteiger partial charge in [0, 0.05) is 29.4 Å². The summed E-state index contributed by atoms with van der Waals surface area (Å²) in [6.45, 7) is 2.03. The number of anilines is 2. The van der Waals surface area contributed by atoms with E-state index in [1.54, 1.807) is 11.9 Å². The van der Waals surface area contributed by atoms with Crippen LogP contribution >= 0.6 is 0 Å². The van der Waals surface area contributed by atoms with Crippen LogP contribution in [0.3, 0.4) is 0 Å². The van der Waals surface area contributed by atoms with Crippen molar-refractivity contribution >= 4 is 23.1 Å². The number of rotatable bonds is 3. The predicted molar refractivity (Wildman–Crippen MR) is 157 cm³/mol. The molecule has 1 N–H and O–H groups in total. The van der Waals surface area contributed by atoms with Gasteiger partial charge in [-0.15, -0.1) is 0 Å². The van der Waals surface area contributed by atoms with Crippen LogP contribution in [-0.4, -0.2) is 22.7 Å². The molecule has 0 saturated carbocycles. The Balaban J connectivity index is 1.67. The molecule has 0 aliphatic carbocycles. The third kappa shape index (κ3) is 3.15. The molecular formula is C34H25N5O. The van der Waals surface area contributed by atoms with Crippen LogP contribution in [-0.2, 0) is 10.2 Å². The molecule has 40 heavy (non-hydrogen) atoms. The van der Waals surface area contributed by atoms with Crippen LogP contribution in [0.1, 0.15) is 22.3 Å². The highest BCUT2D eigenvalue weighted by molar-refractivity contribution is 6.17. The van der Waals surface area contributed by atoms with Crippen molar-refractivity contribution in [3.05, 3.63) is 137 Å². The van der Waals surface area contributed by atoms with Crippen LogP contribution in [0.5, 0.6) is 0 Å². The second-order valence-electron chi connectivity index (χ2n) is 10.2. The van der Waals surface area contributed by atoms with Gasteiger partial charge in [-0.25, -0.2) is 4.68 Å². The van der Waals surface area contributed by atoms with Gasteiger partial charge >= 0.3 is 0 Å². The quantitative estimate of drug-likeness (QED) is 0.296. The zero-order chi connectivity index (χ0) is 27.4. The summed E-state index contributed by atoms with van der Waals surface area (Å²) in [5.41, 5.74) is 6.10. The fourth-order valence-electron chi connectivity index (χ4n) is 6.06. The van der Waals surface area contributed by atoms with Crippen LogP contribution in [0.15, 0.2) is 115 Å². The second kappa shape index (κ2) is 8.82. The molecule has 4 aromatic carbocycles. The predicted octanol–water partition coefficient (Wildman–Crippen LogP) is 6.47. The first-order chi connectivity index (χ1) is 19.6. The molecule has 1 atom stereocenters. The lowest BCUT2D eigenvalue weighted by molar-refractivity contribution is -0.120. The highest BCUT2D eigenvalue weighted by atomic mass is 16.2. The van der Waals surface area contributed by atoms with Crippen molar-refractivity contribution in [1.29, 1.82) is 5.26 Å². The lowest BCUT2D eigenvalue weighted by Crippen LogP contribution is -2.44. The number of carbonyl (C=O) groups excluding carboxylic acids is 1. The monoisotopic (exact) mass is 519 g/mol. The van der Waals surface area contributed by atoms with E-state index < -0.39 is 5.41 Å². The number of nitriles is 1. The topological polar surface area (TPSA) is 74.0 Å². The standard InChI is InChI=1S/C34H25N5O/c1-22-17-19-24(20-18-22)30-27(21-35)34(26-15-9-10-16-28(26)38(2)33(34)40)29-31(23-11-5-3-6-12-23)37-39(32(29)36-30)25-13-7-4-8-14-25/h3-20,36H,1-2H3. The van der Waals surface area contributed by atoms with E-state index in [1.807, 2.05) is 121 Å². The average Bonchev–Trinajstić information content (AvgIpc) is 3.49. The van der Waals surface area contributed by atoms with E-state index in [-0.39, 0.29) is 5.91 Å². The fourth-order valence-corrected chi connectivity index (χ4v) is 6.06. The summed E-state index contributed by atoms with van der Waals surface area (Å²) < 4.78 is 1.86. The molecule has 2 aliphatic heterocycles. The maximum atomic E-state index is 14.7. The summed E-state index contributed by atoms with van der Waals surface area (Å²) in [4.78, 5) is 16.4. The molecule has 1 amide bonds. The summed E-state index contributed by atoms with van der Waals surface area (Å²) in [5.74, 6) is 0.487. The molecule has 5 aromatic rings. The molecule has 192 valence electrons. The number of amides is 1. The summed E-state index contributed by atoms with van der Waals surface area (Å²) in [7, 11) is 1.78. The normalized spacial score (nSPS) is 17.4. The second-order valence-corrected chi connectivity index (χ2v) is 10.2. The van der Waals surface area contributed by atoms with E-state index in [4.69, 9.17) is 5.10 Å². The van der Waals surface area contributed by atoms with Gasteiger partial charge in [0.15, 0.2) is 0 Å². The van der Waals surface area contributed by atoms with Crippen molar-refractivity contribution in [3.63, 3.8) is 0 Å². The summed E-state index contributed by atoms with van der Waals surface area (Å²) in [6, 6.07) is 38.0. The van der Waals surface area contributed by atoms with Gasteiger partial charge in [0.05, 0.1) is 28.7 Å². The van der Waals surface area contributed by atoms with E-state index in [2.05, 4.69) is 11.4 Å². The number of likely N-dealkylation sites (N-methyl/N-ethyl adjacent to an activating group) is 1. The Morgan fingerprint density at radius 2 is 1.48 bits per heavy atom. The zero-order valence-corrected chi connectivity index (χ0v) is 22.1. The fraction of sp³-hybridized carbons (Fsp3) is 0.0882. The number of aryl methyl sites for hydroxylation is 1. The van der Waals surface area contributed by atoms with Gasteiger partial charge < -0.3 is 10.2 Å². The van der Waals surface area contributed by atoms with Gasteiger partial charge in [0.25, 0.3) is 0 Å². The lowest BCUT2D eigenvalue weighted by atomic mass is 9.66. The Labute approximate surface area is 232 Å². The Kier molecular flexibility index (Phi) is 5.22. The van der Waals surface area contributed by atoms with Gasteiger partial charge in [0.2, 0.25) is 5.91 Å². The Morgan fingerprint density at radius 1 is 0.825 bits per heavy atom. The zero-order valence-electron chi connectivity index (χ0n) is 22.1. The number of carbonyl (C=O) groups is 1. The number of fused-ring (bicyclic) bond motifs is 4. The molecule has 7 rings (SSSR count). The minimum Gasteiger partial charge on any atom is -0.338 e. The molecular weight excluding hydrogens is 494 g/mol. The first-order valence-electron chi connectivity index (χ1n) is 13.2. The summed E-state index contributed by atoms with van der Waals surface area (Å²) in [5, 5.41) is 19.6. The van der Waals surface area contributed by atoms with Gasteiger partial charge in [-0.3, -0.25) is 4.79 Å². The molecule has 6 nitrogen and oxygen atoms in total. The number of nitrogens with zero attached hydrogens (tertiary/aromatic N) is 4. The van der Waals surface area contributed by atoms with Crippen LogP contribution < -0.4 is 10.2 Å². The lowest BCUT2D eigenvalue weighted by Gasteiger charge is -2.35. The molecule has 3 heterocycles. The minimum atomic E-state index is -1.39. The number of benzene rings is 4. The van der Waals surface area contributed by atoms with Crippen molar-refractivity contribution in [3.8, 4) is 23.0 Å². The Morgan fingerprint density at radius 3 is 2.17 bits per heavy atom. The van der Waals surface area contributed by atoms with E-state index >= 15 is 0 Å². The maximum absolute atomic E-state index is 14.7. The maximum Gasteiger partial charge on any atom is 0.247 e.